The van der Waals surface area contributed by atoms with E-state index in [9.17, 15) is 4.79 Å². The van der Waals surface area contributed by atoms with Gasteiger partial charge < -0.3 is 9.64 Å². The number of tetrazole rings is 1. The molecule has 0 spiro atoms. The fourth-order valence-corrected chi connectivity index (χ4v) is 5.11. The van der Waals surface area contributed by atoms with Crippen LogP contribution >= 0.6 is 34.7 Å². The van der Waals surface area contributed by atoms with Gasteiger partial charge in [0.05, 0.1) is 22.9 Å². The van der Waals surface area contributed by atoms with Gasteiger partial charge in [0.25, 0.3) is 0 Å². The molecule has 0 radical (unpaired) electrons. The Labute approximate surface area is 187 Å². The van der Waals surface area contributed by atoms with E-state index in [1.807, 2.05) is 35.2 Å². The zero-order valence-corrected chi connectivity index (χ0v) is 18.8. The average Bonchev–Trinajstić information content (AvgIpc) is 3.41. The number of hydrogen-bond acceptors (Lipinski definition) is 8. The molecular weight excluding hydrogens is 444 g/mol. The highest BCUT2D eigenvalue weighted by atomic mass is 35.5. The fourth-order valence-electron chi connectivity index (χ4n) is 3.18. The lowest BCUT2D eigenvalue weighted by molar-refractivity contribution is -0.130. The first-order valence-corrected chi connectivity index (χ1v) is 11.6. The molecule has 8 nitrogen and oxygen atoms in total. The molecule has 2 aromatic heterocycles. The van der Waals surface area contributed by atoms with Gasteiger partial charge >= 0.3 is 0 Å². The normalized spacial score (nSPS) is 14.8. The van der Waals surface area contributed by atoms with E-state index in [2.05, 4.69) is 26.5 Å². The molecule has 1 aromatic carbocycles. The number of hydrogen-bond donors (Lipinski definition) is 0. The second-order valence-electron chi connectivity index (χ2n) is 6.72. The number of thiophene rings is 1. The monoisotopic (exact) mass is 464 g/mol. The zero-order chi connectivity index (χ0) is 20.9. The number of carbonyl (C=O) groups excluding carboxylic acids is 1. The average molecular weight is 465 g/mol. The Bertz CT molecular complexity index is 985. The molecule has 3 aromatic rings. The molecule has 1 saturated heterocycles. The van der Waals surface area contributed by atoms with Crippen LogP contribution in [-0.4, -0.2) is 75.0 Å². The molecule has 1 amide bonds. The van der Waals surface area contributed by atoms with Gasteiger partial charge in [0, 0.05) is 37.6 Å². The van der Waals surface area contributed by atoms with Gasteiger partial charge in [-0.05, 0) is 46.8 Å². The maximum absolute atomic E-state index is 12.7. The second kappa shape index (κ2) is 9.78. The summed E-state index contributed by atoms with van der Waals surface area (Å²) in [7, 11) is 1.62. The zero-order valence-electron chi connectivity index (χ0n) is 16.4. The van der Waals surface area contributed by atoms with E-state index in [4.69, 9.17) is 16.3 Å². The van der Waals surface area contributed by atoms with Gasteiger partial charge in [-0.2, -0.15) is 4.68 Å². The van der Waals surface area contributed by atoms with Crippen molar-refractivity contribution >= 4 is 40.6 Å². The predicted octanol–water partition coefficient (Wildman–Crippen LogP) is 2.82. The van der Waals surface area contributed by atoms with Crippen molar-refractivity contribution in [3.63, 3.8) is 0 Å². The van der Waals surface area contributed by atoms with Gasteiger partial charge in [0.2, 0.25) is 11.1 Å². The van der Waals surface area contributed by atoms with Gasteiger partial charge in [-0.15, -0.1) is 16.4 Å². The number of halogens is 1. The van der Waals surface area contributed by atoms with Crippen molar-refractivity contribution < 1.29 is 9.53 Å². The maximum atomic E-state index is 12.7. The fraction of sp³-hybridized carbons (Fsp3) is 0.368. The van der Waals surface area contributed by atoms with Crippen LogP contribution in [0, 0.1) is 0 Å². The highest BCUT2D eigenvalue weighted by Crippen LogP contribution is 2.24. The lowest BCUT2D eigenvalue weighted by Gasteiger charge is -2.34. The van der Waals surface area contributed by atoms with Crippen molar-refractivity contribution in [1.29, 1.82) is 0 Å². The van der Waals surface area contributed by atoms with E-state index in [1.165, 1.54) is 16.6 Å². The summed E-state index contributed by atoms with van der Waals surface area (Å²) in [5, 5.41) is 12.4. The second-order valence-corrected chi connectivity index (χ2v) is 9.46. The number of aromatic nitrogens is 4. The summed E-state index contributed by atoms with van der Waals surface area (Å²) in [6, 6.07) is 11.4. The minimum Gasteiger partial charge on any atom is -0.497 e. The Balaban J connectivity index is 1.28. The number of piperazine rings is 1. The maximum Gasteiger partial charge on any atom is 0.233 e. The Morgan fingerprint density at radius 1 is 1.17 bits per heavy atom. The smallest absolute Gasteiger partial charge is 0.233 e. The molecule has 1 aliphatic rings. The number of benzene rings is 1. The summed E-state index contributed by atoms with van der Waals surface area (Å²) in [6.07, 6.45) is 0. The molecule has 4 rings (SSSR count). The van der Waals surface area contributed by atoms with Crippen LogP contribution < -0.4 is 4.74 Å². The minimum absolute atomic E-state index is 0.100. The van der Waals surface area contributed by atoms with Crippen molar-refractivity contribution in [3.05, 3.63) is 45.6 Å². The third-order valence-corrected chi connectivity index (χ3v) is 6.94. The predicted molar refractivity (Wildman–Crippen MR) is 118 cm³/mol. The quantitative estimate of drug-likeness (QED) is 0.497. The number of thioether (sulfide) groups is 1. The molecule has 0 aliphatic carbocycles. The number of amides is 1. The molecule has 0 bridgehead atoms. The summed E-state index contributed by atoms with van der Waals surface area (Å²) in [5.41, 5.74) is 0.818. The Morgan fingerprint density at radius 2 is 1.93 bits per heavy atom. The van der Waals surface area contributed by atoms with Crippen molar-refractivity contribution in [2.45, 2.75) is 11.7 Å². The summed E-state index contributed by atoms with van der Waals surface area (Å²) in [4.78, 5) is 18.2. The minimum atomic E-state index is 0.100. The molecule has 0 N–H and O–H groups in total. The summed E-state index contributed by atoms with van der Waals surface area (Å²) in [5.74, 6) is 1.16. The number of carbonyl (C=O) groups is 1. The van der Waals surface area contributed by atoms with E-state index >= 15 is 0 Å². The van der Waals surface area contributed by atoms with Gasteiger partial charge in [-0.1, -0.05) is 23.4 Å². The van der Waals surface area contributed by atoms with Crippen LogP contribution in [0.5, 0.6) is 5.75 Å². The van der Waals surface area contributed by atoms with Crippen molar-refractivity contribution in [2.75, 3.05) is 39.0 Å². The summed E-state index contributed by atoms with van der Waals surface area (Å²) < 4.78 is 7.62. The molecule has 0 unspecified atom stereocenters. The van der Waals surface area contributed by atoms with Crippen molar-refractivity contribution in [1.82, 2.24) is 30.0 Å². The Kier molecular flexibility index (Phi) is 6.88. The topological polar surface area (TPSA) is 76.4 Å². The third kappa shape index (κ3) is 5.12. The van der Waals surface area contributed by atoms with Crippen LogP contribution in [0.2, 0.25) is 4.34 Å². The Hall–Kier alpha value is -2.14. The Morgan fingerprint density at radius 3 is 2.60 bits per heavy atom. The standard InChI is InChI=1S/C19H21ClN6O2S2/c1-28-15-4-2-14(3-5-15)26-19(21-22-23-26)29-13-18(27)25-10-8-24(9-11-25)12-16-6-7-17(20)30-16/h2-7H,8-13H2,1H3. The molecule has 1 aliphatic heterocycles. The first-order chi connectivity index (χ1) is 14.6. The molecule has 1 fully saturated rings. The SMILES string of the molecule is COc1ccc(-n2nnnc2SCC(=O)N2CCN(Cc3ccc(Cl)s3)CC2)cc1. The van der Waals surface area contributed by atoms with Crippen LogP contribution in [0.1, 0.15) is 4.88 Å². The first kappa shape index (κ1) is 21.1. The highest BCUT2D eigenvalue weighted by Gasteiger charge is 2.22. The van der Waals surface area contributed by atoms with Gasteiger partial charge in [-0.25, -0.2) is 0 Å². The van der Waals surface area contributed by atoms with Crippen LogP contribution in [0.15, 0.2) is 41.6 Å². The number of methoxy groups -OCH3 is 1. The van der Waals surface area contributed by atoms with E-state index < -0.39 is 0 Å². The molecule has 11 heteroatoms. The highest BCUT2D eigenvalue weighted by molar-refractivity contribution is 7.99. The molecule has 158 valence electrons. The van der Waals surface area contributed by atoms with Gasteiger partial charge in [0.1, 0.15) is 5.75 Å². The molecular formula is C19H21ClN6O2S2. The largest absolute Gasteiger partial charge is 0.497 e. The van der Waals surface area contributed by atoms with E-state index in [1.54, 1.807) is 23.1 Å². The number of rotatable bonds is 7. The number of ether oxygens (including phenoxy) is 1. The molecule has 3 heterocycles. The van der Waals surface area contributed by atoms with E-state index in [0.29, 0.717) is 10.9 Å². The molecule has 0 saturated carbocycles. The van der Waals surface area contributed by atoms with Crippen LogP contribution in [0.3, 0.4) is 0 Å². The lowest BCUT2D eigenvalue weighted by atomic mass is 10.3. The van der Waals surface area contributed by atoms with Crippen LogP contribution in [0.4, 0.5) is 0 Å². The van der Waals surface area contributed by atoms with E-state index in [0.717, 1.165) is 48.5 Å². The molecule has 0 atom stereocenters. The van der Waals surface area contributed by atoms with Crippen molar-refractivity contribution in [2.24, 2.45) is 0 Å². The lowest BCUT2D eigenvalue weighted by Crippen LogP contribution is -2.48. The summed E-state index contributed by atoms with van der Waals surface area (Å²) in [6.45, 7) is 4.04. The number of nitrogens with zero attached hydrogens (tertiary/aromatic N) is 6. The first-order valence-electron chi connectivity index (χ1n) is 9.42. The van der Waals surface area contributed by atoms with Crippen molar-refractivity contribution in [3.8, 4) is 11.4 Å². The van der Waals surface area contributed by atoms with E-state index in [-0.39, 0.29) is 5.91 Å². The summed E-state index contributed by atoms with van der Waals surface area (Å²) >= 11 is 8.96. The molecule has 30 heavy (non-hydrogen) atoms. The van der Waals surface area contributed by atoms with Gasteiger partial charge in [0.15, 0.2) is 0 Å². The van der Waals surface area contributed by atoms with Gasteiger partial charge in [-0.3, -0.25) is 9.69 Å². The third-order valence-electron chi connectivity index (χ3n) is 4.82. The van der Waals surface area contributed by atoms with Crippen LogP contribution in [0.25, 0.3) is 5.69 Å². The van der Waals surface area contributed by atoms with Crippen LogP contribution in [-0.2, 0) is 11.3 Å².